The van der Waals surface area contributed by atoms with Crippen LogP contribution in [0.2, 0.25) is 0 Å². The summed E-state index contributed by atoms with van der Waals surface area (Å²) in [5, 5.41) is 68.2. The van der Waals surface area contributed by atoms with Crippen LogP contribution in [0.4, 0.5) is 23.1 Å². The molecule has 0 spiro atoms. The fraction of sp³-hybridized carbons (Fsp3) is 0.141. The third kappa shape index (κ3) is 18.6. The number of hydroxylamine groups is 2. The van der Waals surface area contributed by atoms with Crippen molar-refractivity contribution in [2.45, 2.75) is 77.8 Å². The van der Waals surface area contributed by atoms with Gasteiger partial charge in [0, 0.05) is 55.3 Å². The van der Waals surface area contributed by atoms with Crippen LogP contribution in [0.3, 0.4) is 0 Å². The van der Waals surface area contributed by atoms with Crippen molar-refractivity contribution in [3.8, 4) is 17.1 Å². The summed E-state index contributed by atoms with van der Waals surface area (Å²) in [6.07, 6.45) is 11.1. The predicted octanol–water partition coefficient (Wildman–Crippen LogP) is 9.74. The zero-order chi connectivity index (χ0) is 89.8. The van der Waals surface area contributed by atoms with Gasteiger partial charge in [-0.05, 0) is 150 Å². The van der Waals surface area contributed by atoms with Gasteiger partial charge in [0.2, 0.25) is 0 Å². The Labute approximate surface area is 734 Å². The van der Waals surface area contributed by atoms with Gasteiger partial charge in [0.15, 0.2) is 28.7 Å². The molecule has 0 saturated heterocycles. The summed E-state index contributed by atoms with van der Waals surface area (Å²) in [7, 11) is -2.02. The van der Waals surface area contributed by atoms with Crippen LogP contribution in [-0.2, 0) is 19.6 Å². The number of benzene rings is 9. The molecule has 0 radical (unpaired) electrons. The largest absolute Gasteiger partial charge is 0.488 e. The summed E-state index contributed by atoms with van der Waals surface area (Å²) < 4.78 is 4.84. The Morgan fingerprint density at radius 3 is 1.35 bits per heavy atom. The number of amides is 3. The van der Waals surface area contributed by atoms with E-state index in [1.54, 1.807) is 112 Å². The number of aromatic nitrogens is 17. The number of H-pyrrole nitrogens is 3. The second kappa shape index (κ2) is 38.8. The number of para-hydroxylation sites is 3. The van der Waals surface area contributed by atoms with Crippen LogP contribution in [0.5, 0.6) is 0 Å². The monoisotopic (exact) mass is 1720 g/mol. The minimum atomic E-state index is -1.69. The Morgan fingerprint density at radius 1 is 0.426 bits per heavy atom. The van der Waals surface area contributed by atoms with Crippen molar-refractivity contribution in [3.05, 3.63) is 344 Å². The number of rotatable bonds is 27. The highest BCUT2D eigenvalue weighted by atomic mass is 16.5. The number of nitrogens with zero attached hydrogens (tertiary/aromatic N) is 15. The molecule has 3 atom stereocenters. The van der Waals surface area contributed by atoms with E-state index in [-0.39, 0.29) is 58.2 Å². The molecule has 9 aromatic heterocycles. The molecule has 0 fully saturated rings. The van der Waals surface area contributed by atoms with E-state index in [0.29, 0.717) is 171 Å². The molecule has 0 unspecified atom stereocenters. The van der Waals surface area contributed by atoms with Gasteiger partial charge in [0.1, 0.15) is 46.7 Å². The van der Waals surface area contributed by atoms with E-state index < -0.39 is 38.1 Å². The molecule has 14 N–H and O–H groups in total. The average Bonchev–Trinajstić information content (AvgIpc) is 1.74. The number of hydrogen-bond donors (Lipinski definition) is 14. The summed E-state index contributed by atoms with van der Waals surface area (Å²) in [5.74, 6) is 1.97. The molecule has 3 amide bonds. The average molecular weight is 1720 g/mol. The molecule has 18 aromatic rings. The molecule has 37 heteroatoms. The lowest BCUT2D eigenvalue weighted by Gasteiger charge is -2.23. The highest BCUT2D eigenvalue weighted by Gasteiger charge is 2.29. The second-order valence-corrected chi connectivity index (χ2v) is 29.8. The molecular formula is C92H84B2N24O11. The maximum Gasteiger partial charge on any atom is 0.488 e. The molecular weight excluding hydrogens is 1640 g/mol. The van der Waals surface area contributed by atoms with Crippen molar-refractivity contribution in [2.24, 2.45) is 0 Å². The van der Waals surface area contributed by atoms with Crippen molar-refractivity contribution >= 4 is 132 Å². The number of carbonyl (C=O) groups is 3. The fourth-order valence-electron chi connectivity index (χ4n) is 15.1. The highest BCUT2D eigenvalue weighted by Crippen LogP contribution is 2.33. The minimum Gasteiger partial charge on any atom is -0.423 e. The number of aromatic amines is 3. The van der Waals surface area contributed by atoms with Gasteiger partial charge < -0.3 is 66.9 Å². The number of pyridine rings is 1. The summed E-state index contributed by atoms with van der Waals surface area (Å²) in [5.41, 5.74) is 10.9. The Balaban J connectivity index is 0.000000142. The highest BCUT2D eigenvalue weighted by molar-refractivity contribution is 6.59. The van der Waals surface area contributed by atoms with Crippen LogP contribution in [0.25, 0.3) is 83.1 Å². The molecule has 9 heterocycles. The number of carbonyl (C=O) groups excluding carboxylic acids is 3. The van der Waals surface area contributed by atoms with E-state index >= 15 is 0 Å². The first-order chi connectivity index (χ1) is 62.8. The maximum absolute atomic E-state index is 14.4. The Morgan fingerprint density at radius 2 is 0.868 bits per heavy atom. The summed E-state index contributed by atoms with van der Waals surface area (Å²) >= 11 is 0. The van der Waals surface area contributed by atoms with Crippen molar-refractivity contribution in [1.82, 2.24) is 99.2 Å². The molecule has 0 bridgehead atoms. The van der Waals surface area contributed by atoms with Gasteiger partial charge in [-0.1, -0.05) is 142 Å². The first kappa shape index (κ1) is 86.2. The standard InChI is InChI=1S/C32H30N8O3.2C30H27BN8O4/c1-3-23(37-29-28-26(16-17-33-29)35-19-36-28)30-38-25-11-7-10-24(27(25)32(42)40(30)22-8-5-4-6-9-22)34-18-20-12-14-21(15-13-20)31(41)39(2)43;1-2-22(37-27-25-26(34-16-33-25)35-17-36-27)28-38-23-13-7-9-19(24(23)30(41)39(28)21-11-4-3-5-12-21)15-32-29(40)18-8-6-10-20(14-18)31(42)43;1-2-22(37-27-25-26(34-16-33-25)35-17-36-27)28-38-23-10-6-7-19(24(23)30(41)39(28)21-8-4-3-5-9-21)15-32-29(40)18-11-13-20(14-12-18)31(42)43/h4-17,19,23,34,43H,3,18H2,1-2H3,(H,33,37)(H,35,36);2*3-14,16-17,22,42-43H,2,15H2,1H3,(H,32,40)(H2,33,34,35,36,37)/t23-;2*22-/m000/s1. The summed E-state index contributed by atoms with van der Waals surface area (Å²) in [6.45, 7) is 6.57. The zero-order valence-electron chi connectivity index (χ0n) is 69.8. The van der Waals surface area contributed by atoms with Gasteiger partial charge in [-0.15, -0.1) is 0 Å². The van der Waals surface area contributed by atoms with Crippen LogP contribution < -0.4 is 59.5 Å². The van der Waals surface area contributed by atoms with Crippen LogP contribution in [-0.4, -0.2) is 153 Å². The topological polar surface area (TPSA) is 483 Å². The van der Waals surface area contributed by atoms with Gasteiger partial charge in [0.25, 0.3) is 34.4 Å². The van der Waals surface area contributed by atoms with Crippen molar-refractivity contribution in [2.75, 3.05) is 28.3 Å². The van der Waals surface area contributed by atoms with Crippen molar-refractivity contribution in [3.63, 3.8) is 0 Å². The van der Waals surface area contributed by atoms with Gasteiger partial charge in [-0.25, -0.2) is 59.9 Å². The van der Waals surface area contributed by atoms with Crippen LogP contribution in [0.15, 0.2) is 277 Å². The Kier molecular flexibility index (Phi) is 25.9. The van der Waals surface area contributed by atoms with E-state index in [4.69, 9.17) is 15.0 Å². The molecule has 18 rings (SSSR count). The van der Waals surface area contributed by atoms with Crippen LogP contribution >= 0.6 is 0 Å². The van der Waals surface area contributed by atoms with Crippen molar-refractivity contribution in [1.29, 1.82) is 0 Å². The van der Waals surface area contributed by atoms with E-state index in [1.807, 2.05) is 136 Å². The lowest BCUT2D eigenvalue weighted by atomic mass is 9.79. The summed E-state index contributed by atoms with van der Waals surface area (Å²) in [4.78, 5) is 140. The van der Waals surface area contributed by atoms with Gasteiger partial charge in [0.05, 0.1) is 92.4 Å². The third-order valence-electron chi connectivity index (χ3n) is 21.6. The number of nitrogens with one attached hydrogen (secondary N) is 9. The Hall–Kier alpha value is -16.3. The van der Waals surface area contributed by atoms with Gasteiger partial charge in [-0.3, -0.25) is 47.7 Å². The van der Waals surface area contributed by atoms with E-state index in [1.165, 1.54) is 56.1 Å². The first-order valence-electron chi connectivity index (χ1n) is 41.3. The number of hydrogen-bond acceptors (Lipinski definition) is 26. The predicted molar refractivity (Wildman–Crippen MR) is 492 cm³/mol. The quantitative estimate of drug-likeness (QED) is 0.0129. The SMILES string of the molecule is CC[C@H](Nc1nccc2[nH]cnc12)c1nc2cccc(NCc3ccc(C(=O)N(C)O)cc3)c2c(=O)n1-c1ccccc1.CC[C@H](Nc1ncnc2nc[nH]c12)c1nc2cccc(CNC(=O)c3ccc(B(O)O)cc3)c2c(=O)n1-c1ccccc1.CC[C@H](Nc1ncnc2nc[nH]c12)c1nc2cccc(CNC(=O)c3cccc(B(O)O)c3)c2c(=O)n1-c1ccccc1. The minimum absolute atomic E-state index is 0.0569. The van der Waals surface area contributed by atoms with Crippen LogP contribution in [0.1, 0.15) is 123 Å². The third-order valence-corrected chi connectivity index (χ3v) is 21.6. The fourth-order valence-corrected chi connectivity index (χ4v) is 15.1. The first-order valence-corrected chi connectivity index (χ1v) is 41.3. The zero-order valence-corrected chi connectivity index (χ0v) is 69.8. The Bertz CT molecular complexity index is 7310. The maximum atomic E-state index is 14.4. The number of fused-ring (bicyclic) bond motifs is 6. The molecule has 129 heavy (non-hydrogen) atoms. The molecule has 9 aromatic carbocycles. The molecule has 0 saturated carbocycles. The molecule has 0 aliphatic carbocycles. The lowest BCUT2D eigenvalue weighted by molar-refractivity contribution is -0.0374. The number of anilines is 4. The molecule has 0 aliphatic rings. The van der Waals surface area contributed by atoms with E-state index in [2.05, 4.69) is 86.7 Å². The van der Waals surface area contributed by atoms with Crippen LogP contribution in [0, 0.1) is 0 Å². The normalized spacial score (nSPS) is 11.9. The van der Waals surface area contributed by atoms with Gasteiger partial charge in [-0.2, -0.15) is 0 Å². The van der Waals surface area contributed by atoms with E-state index in [9.17, 15) is 54.1 Å². The number of imidazole rings is 3. The van der Waals surface area contributed by atoms with Gasteiger partial charge >= 0.3 is 14.2 Å². The van der Waals surface area contributed by atoms with Crippen molar-refractivity contribution < 1.29 is 39.7 Å². The smallest absolute Gasteiger partial charge is 0.423 e. The lowest BCUT2D eigenvalue weighted by Crippen LogP contribution is -2.32. The molecule has 0 aliphatic heterocycles. The molecule has 35 nitrogen and oxygen atoms in total. The second-order valence-electron chi connectivity index (χ2n) is 29.8. The summed E-state index contributed by atoms with van der Waals surface area (Å²) in [6, 6.07) is 64.0. The molecule has 644 valence electrons. The van der Waals surface area contributed by atoms with E-state index in [0.717, 1.165) is 11.1 Å².